The van der Waals surface area contributed by atoms with E-state index in [0.29, 0.717) is 22.4 Å². The summed E-state index contributed by atoms with van der Waals surface area (Å²) in [6.07, 6.45) is -1.06. The van der Waals surface area contributed by atoms with E-state index in [2.05, 4.69) is 10.3 Å². The minimum absolute atomic E-state index is 0.0249. The molecule has 162 valence electrons. The molecule has 1 aliphatic rings. The Hall–Kier alpha value is -3.75. The Morgan fingerprint density at radius 3 is 2.29 bits per heavy atom. The summed E-state index contributed by atoms with van der Waals surface area (Å²) in [5, 5.41) is 2.44. The topological polar surface area (TPSA) is 126 Å². The van der Waals surface area contributed by atoms with Crippen LogP contribution in [-0.2, 0) is 16.1 Å². The van der Waals surface area contributed by atoms with E-state index in [0.717, 1.165) is 4.90 Å². The van der Waals surface area contributed by atoms with Gasteiger partial charge in [0.1, 0.15) is 0 Å². The summed E-state index contributed by atoms with van der Waals surface area (Å²) in [4.78, 5) is 64.2. The zero-order chi connectivity index (χ0) is 22.9. The molecule has 1 atom stereocenters. The maximum absolute atomic E-state index is 12.7. The zero-order valence-electron chi connectivity index (χ0n) is 17.7. The predicted octanol–water partition coefficient (Wildman–Crippen LogP) is 2.31. The Labute approximate surface area is 178 Å². The molecule has 1 unspecified atom stereocenters. The van der Waals surface area contributed by atoms with E-state index >= 15 is 0 Å². The first-order valence-corrected chi connectivity index (χ1v) is 9.72. The van der Waals surface area contributed by atoms with Gasteiger partial charge in [-0.3, -0.25) is 19.3 Å². The smallest absolute Gasteiger partial charge is 0.338 e. The highest BCUT2D eigenvalue weighted by atomic mass is 16.5. The van der Waals surface area contributed by atoms with Gasteiger partial charge in [-0.1, -0.05) is 12.1 Å². The van der Waals surface area contributed by atoms with Gasteiger partial charge in [-0.2, -0.15) is 0 Å². The van der Waals surface area contributed by atoms with Crippen molar-refractivity contribution in [2.75, 3.05) is 6.54 Å². The van der Waals surface area contributed by atoms with Crippen LogP contribution >= 0.6 is 0 Å². The van der Waals surface area contributed by atoms with Crippen LogP contribution in [0.1, 0.15) is 61.9 Å². The van der Waals surface area contributed by atoms with Gasteiger partial charge in [0.15, 0.2) is 11.9 Å². The molecule has 0 saturated carbocycles. The van der Waals surface area contributed by atoms with Gasteiger partial charge < -0.3 is 15.0 Å². The van der Waals surface area contributed by atoms with Crippen LogP contribution in [0.3, 0.4) is 0 Å². The summed E-state index contributed by atoms with van der Waals surface area (Å²) >= 11 is 0. The third-order valence-corrected chi connectivity index (χ3v) is 5.16. The van der Waals surface area contributed by atoms with Crippen LogP contribution in [-0.4, -0.2) is 52.0 Å². The number of aromatic nitrogens is 1. The number of ether oxygens (including phenoxy) is 1. The number of Topliss-reactive ketones (excluding diaryl/α,β-unsaturated/α-hetero) is 2. The number of aryl methyl sites for hydroxylation is 1. The number of hydrogen-bond acceptors (Lipinski definition) is 6. The van der Waals surface area contributed by atoms with E-state index in [1.54, 1.807) is 26.0 Å². The molecule has 3 amide bonds. The van der Waals surface area contributed by atoms with Crippen LogP contribution in [0.4, 0.5) is 4.79 Å². The van der Waals surface area contributed by atoms with Gasteiger partial charge in [0, 0.05) is 11.3 Å². The number of nitrogens with zero attached hydrogens (tertiary/aromatic N) is 1. The number of H-pyrrole nitrogens is 1. The van der Waals surface area contributed by atoms with Crippen molar-refractivity contribution in [2.24, 2.45) is 0 Å². The first-order valence-electron chi connectivity index (χ1n) is 9.72. The van der Waals surface area contributed by atoms with E-state index < -0.39 is 23.9 Å². The van der Waals surface area contributed by atoms with Crippen molar-refractivity contribution >= 4 is 29.5 Å². The average molecular weight is 425 g/mol. The summed E-state index contributed by atoms with van der Waals surface area (Å²) in [5.74, 6) is -1.58. The van der Waals surface area contributed by atoms with E-state index in [9.17, 15) is 24.0 Å². The maximum atomic E-state index is 12.7. The SMILES string of the molecule is CC(=O)c1c(C)[nH]c(C(=O)C(C)OC(=O)c2ccc(CN3C(=O)CNC3=O)cc2)c1C. The quantitative estimate of drug-likeness (QED) is 0.398. The molecule has 1 aliphatic heterocycles. The van der Waals surface area contributed by atoms with E-state index in [1.165, 1.54) is 26.0 Å². The number of imide groups is 1. The predicted molar refractivity (Wildman–Crippen MR) is 110 cm³/mol. The number of nitrogens with one attached hydrogen (secondary N) is 2. The second kappa shape index (κ2) is 8.55. The highest BCUT2D eigenvalue weighted by Gasteiger charge is 2.29. The second-order valence-electron chi connectivity index (χ2n) is 7.43. The van der Waals surface area contributed by atoms with Crippen molar-refractivity contribution in [1.82, 2.24) is 15.2 Å². The number of aromatic amines is 1. The Morgan fingerprint density at radius 1 is 1.13 bits per heavy atom. The molecule has 0 aliphatic carbocycles. The number of carbonyl (C=O) groups excluding carboxylic acids is 5. The standard InChI is InChI=1S/C22H23N3O6/c1-11-18(13(3)26)12(2)24-19(11)20(28)14(4)31-21(29)16-7-5-15(6-8-16)10-25-17(27)9-23-22(25)30/h5-8,14,24H,9-10H2,1-4H3,(H,23,30). The van der Waals surface area contributed by atoms with E-state index in [-0.39, 0.29) is 36.0 Å². The Balaban J connectivity index is 1.66. The van der Waals surface area contributed by atoms with Crippen molar-refractivity contribution in [3.63, 3.8) is 0 Å². The number of amides is 3. The number of hydrogen-bond donors (Lipinski definition) is 2. The molecule has 2 N–H and O–H groups in total. The first-order chi connectivity index (χ1) is 14.6. The fourth-order valence-corrected chi connectivity index (χ4v) is 3.55. The van der Waals surface area contributed by atoms with Crippen LogP contribution in [0.15, 0.2) is 24.3 Å². The normalized spacial score (nSPS) is 14.4. The number of rotatable bonds is 7. The number of esters is 1. The van der Waals surface area contributed by atoms with Crippen molar-refractivity contribution in [2.45, 2.75) is 40.3 Å². The van der Waals surface area contributed by atoms with Gasteiger partial charge in [0.2, 0.25) is 11.7 Å². The Morgan fingerprint density at radius 2 is 1.77 bits per heavy atom. The second-order valence-corrected chi connectivity index (χ2v) is 7.43. The van der Waals surface area contributed by atoms with E-state index in [4.69, 9.17) is 4.74 Å². The summed E-state index contributed by atoms with van der Waals surface area (Å²) in [7, 11) is 0. The molecule has 31 heavy (non-hydrogen) atoms. The minimum atomic E-state index is -1.06. The fraction of sp³-hybridized carbons (Fsp3) is 0.318. The van der Waals surface area contributed by atoms with Gasteiger partial charge in [0.25, 0.3) is 0 Å². The highest BCUT2D eigenvalue weighted by Crippen LogP contribution is 2.21. The lowest BCUT2D eigenvalue weighted by Gasteiger charge is -2.14. The zero-order valence-corrected chi connectivity index (χ0v) is 17.7. The molecule has 1 fully saturated rings. The summed E-state index contributed by atoms with van der Waals surface area (Å²) in [6, 6.07) is 5.78. The van der Waals surface area contributed by atoms with Gasteiger partial charge in [0.05, 0.1) is 24.3 Å². The number of ketones is 2. The maximum Gasteiger partial charge on any atom is 0.338 e. The largest absolute Gasteiger partial charge is 0.451 e. The van der Waals surface area contributed by atoms with Crippen LogP contribution in [0.25, 0.3) is 0 Å². The molecule has 9 nitrogen and oxygen atoms in total. The van der Waals surface area contributed by atoms with Crippen LogP contribution < -0.4 is 5.32 Å². The lowest BCUT2D eigenvalue weighted by Crippen LogP contribution is -2.30. The third kappa shape index (κ3) is 4.40. The fourth-order valence-electron chi connectivity index (χ4n) is 3.55. The molecular formula is C22H23N3O6. The molecule has 1 aromatic heterocycles. The molecule has 2 aromatic rings. The molecule has 9 heteroatoms. The first kappa shape index (κ1) is 21.9. The average Bonchev–Trinajstić information content (AvgIpc) is 3.20. The Kier molecular flexibility index (Phi) is 6.05. The number of urea groups is 1. The van der Waals surface area contributed by atoms with Crippen molar-refractivity contribution in [3.8, 4) is 0 Å². The number of carbonyl (C=O) groups is 5. The lowest BCUT2D eigenvalue weighted by molar-refractivity contribution is -0.125. The molecule has 1 aromatic carbocycles. The lowest BCUT2D eigenvalue weighted by atomic mass is 10.0. The monoisotopic (exact) mass is 425 g/mol. The third-order valence-electron chi connectivity index (χ3n) is 5.16. The molecular weight excluding hydrogens is 402 g/mol. The van der Waals surface area contributed by atoms with Gasteiger partial charge in [-0.25, -0.2) is 9.59 Å². The molecule has 0 spiro atoms. The molecule has 1 saturated heterocycles. The molecule has 0 radical (unpaired) electrons. The van der Waals surface area contributed by atoms with Gasteiger partial charge in [-0.15, -0.1) is 0 Å². The van der Waals surface area contributed by atoms with Gasteiger partial charge in [-0.05, 0) is 51.0 Å². The Bertz CT molecular complexity index is 1070. The minimum Gasteiger partial charge on any atom is -0.451 e. The van der Waals surface area contributed by atoms with Crippen LogP contribution in [0, 0.1) is 13.8 Å². The summed E-state index contributed by atoms with van der Waals surface area (Å²) in [5.41, 5.74) is 2.72. The molecule has 2 heterocycles. The summed E-state index contributed by atoms with van der Waals surface area (Å²) in [6.45, 7) is 6.34. The molecule has 0 bridgehead atoms. The van der Waals surface area contributed by atoms with Crippen LogP contribution in [0.5, 0.6) is 0 Å². The van der Waals surface area contributed by atoms with Crippen molar-refractivity contribution in [1.29, 1.82) is 0 Å². The van der Waals surface area contributed by atoms with Gasteiger partial charge >= 0.3 is 12.0 Å². The highest BCUT2D eigenvalue weighted by molar-refractivity contribution is 6.05. The summed E-state index contributed by atoms with van der Waals surface area (Å²) < 4.78 is 5.30. The van der Waals surface area contributed by atoms with Crippen molar-refractivity contribution in [3.05, 3.63) is 57.9 Å². The van der Waals surface area contributed by atoms with Crippen molar-refractivity contribution < 1.29 is 28.7 Å². The molecule has 3 rings (SSSR count). The van der Waals surface area contributed by atoms with E-state index in [1.807, 2.05) is 0 Å². The number of benzene rings is 1. The van der Waals surface area contributed by atoms with Crippen LogP contribution in [0.2, 0.25) is 0 Å².